The fourth-order valence-electron chi connectivity index (χ4n) is 3.51. The van der Waals surface area contributed by atoms with Crippen molar-refractivity contribution >= 4 is 21.0 Å². The van der Waals surface area contributed by atoms with E-state index < -0.39 is 15.3 Å². The highest BCUT2D eigenvalue weighted by atomic mass is 32.2. The lowest BCUT2D eigenvalue weighted by atomic mass is 9.84. The van der Waals surface area contributed by atoms with Crippen molar-refractivity contribution in [3.63, 3.8) is 0 Å². The van der Waals surface area contributed by atoms with Gasteiger partial charge in [-0.1, -0.05) is 42.0 Å². The number of aliphatic hydroxyl groups excluding tert-OH is 2. The Morgan fingerprint density at radius 1 is 0.846 bits per heavy atom. The Hall–Kier alpha value is -1.95. The summed E-state index contributed by atoms with van der Waals surface area (Å²) in [5.74, 6) is 0. The van der Waals surface area contributed by atoms with Crippen molar-refractivity contribution < 1.29 is 18.6 Å². The van der Waals surface area contributed by atoms with Crippen LogP contribution in [-0.2, 0) is 9.84 Å². The molecule has 0 aliphatic heterocycles. The first-order valence-electron chi connectivity index (χ1n) is 8.59. The molecule has 0 amide bonds. The molecular weight excluding hydrogens is 348 g/mol. The summed E-state index contributed by atoms with van der Waals surface area (Å²) >= 11 is 0. The number of aliphatic hydroxyl groups is 2. The van der Waals surface area contributed by atoms with Gasteiger partial charge in [0.15, 0.2) is 9.84 Å². The fraction of sp³-hybridized carbons (Fsp3) is 0.333. The zero-order valence-corrected chi connectivity index (χ0v) is 15.9. The minimum atomic E-state index is -3.24. The SMILES string of the molecule is Cc1ccc(C2=C(c3ccc(S(C)(=O)=O)cc3)CC(CO)(CO)C2)cc1. The topological polar surface area (TPSA) is 74.6 Å². The molecule has 3 rings (SSSR count). The quantitative estimate of drug-likeness (QED) is 0.846. The van der Waals surface area contributed by atoms with Crippen molar-refractivity contribution in [2.75, 3.05) is 19.5 Å². The highest BCUT2D eigenvalue weighted by Gasteiger charge is 2.38. The van der Waals surface area contributed by atoms with Crippen LogP contribution in [0.25, 0.3) is 11.1 Å². The third-order valence-electron chi connectivity index (χ3n) is 5.17. The smallest absolute Gasteiger partial charge is 0.175 e. The number of benzene rings is 2. The molecule has 0 spiro atoms. The van der Waals surface area contributed by atoms with Crippen LogP contribution in [0, 0.1) is 12.3 Å². The maximum absolute atomic E-state index is 11.7. The number of hydrogen-bond donors (Lipinski definition) is 2. The molecule has 1 aliphatic carbocycles. The maximum Gasteiger partial charge on any atom is 0.175 e. The number of sulfone groups is 1. The zero-order chi connectivity index (χ0) is 18.9. The number of rotatable bonds is 5. The van der Waals surface area contributed by atoms with Crippen LogP contribution in [0.5, 0.6) is 0 Å². The van der Waals surface area contributed by atoms with E-state index in [0.29, 0.717) is 12.8 Å². The van der Waals surface area contributed by atoms with Crippen molar-refractivity contribution in [3.8, 4) is 0 Å². The standard InChI is InChI=1S/C21H24O4S/c1-15-3-5-16(6-4-15)19-11-21(13-22,14-23)12-20(19)17-7-9-18(10-8-17)26(2,24)25/h3-10,22-23H,11-14H2,1-2H3. The van der Waals surface area contributed by atoms with Crippen molar-refractivity contribution in [2.45, 2.75) is 24.7 Å². The minimum Gasteiger partial charge on any atom is -0.396 e. The molecule has 26 heavy (non-hydrogen) atoms. The van der Waals surface area contributed by atoms with Crippen LogP contribution in [0.2, 0.25) is 0 Å². The van der Waals surface area contributed by atoms with E-state index in [9.17, 15) is 18.6 Å². The summed E-state index contributed by atoms with van der Waals surface area (Å²) in [7, 11) is -3.24. The first kappa shape index (κ1) is 18.8. The van der Waals surface area contributed by atoms with E-state index in [0.717, 1.165) is 22.3 Å². The second kappa shape index (κ2) is 6.99. The lowest BCUT2D eigenvalue weighted by molar-refractivity contribution is 0.0677. The van der Waals surface area contributed by atoms with Crippen LogP contribution < -0.4 is 0 Å². The van der Waals surface area contributed by atoms with Gasteiger partial charge in [-0.25, -0.2) is 8.42 Å². The van der Waals surface area contributed by atoms with Gasteiger partial charge in [0.2, 0.25) is 0 Å². The lowest BCUT2D eigenvalue weighted by Crippen LogP contribution is -2.27. The van der Waals surface area contributed by atoms with E-state index in [2.05, 4.69) is 12.1 Å². The van der Waals surface area contributed by atoms with Gasteiger partial charge in [-0.15, -0.1) is 0 Å². The van der Waals surface area contributed by atoms with Gasteiger partial charge in [-0.2, -0.15) is 0 Å². The van der Waals surface area contributed by atoms with E-state index in [1.807, 2.05) is 31.2 Å². The predicted molar refractivity (Wildman–Crippen MR) is 103 cm³/mol. The Morgan fingerprint density at radius 3 is 1.65 bits per heavy atom. The van der Waals surface area contributed by atoms with Gasteiger partial charge < -0.3 is 10.2 Å². The predicted octanol–water partition coefficient (Wildman–Crippen LogP) is 3.07. The van der Waals surface area contributed by atoms with Gasteiger partial charge in [-0.05, 0) is 54.2 Å². The summed E-state index contributed by atoms with van der Waals surface area (Å²) in [6.45, 7) is 1.84. The molecule has 2 N–H and O–H groups in total. The monoisotopic (exact) mass is 372 g/mol. The molecule has 0 fully saturated rings. The maximum atomic E-state index is 11.7. The number of aryl methyl sites for hydroxylation is 1. The van der Waals surface area contributed by atoms with Crippen LogP contribution in [0.4, 0.5) is 0 Å². The summed E-state index contributed by atoms with van der Waals surface area (Å²) < 4.78 is 23.4. The second-order valence-corrected chi connectivity index (χ2v) is 9.31. The summed E-state index contributed by atoms with van der Waals surface area (Å²) in [5.41, 5.74) is 4.74. The zero-order valence-electron chi connectivity index (χ0n) is 15.1. The largest absolute Gasteiger partial charge is 0.396 e. The molecular formula is C21H24O4S. The third-order valence-corrected chi connectivity index (χ3v) is 6.30. The van der Waals surface area contributed by atoms with Crippen LogP contribution >= 0.6 is 0 Å². The van der Waals surface area contributed by atoms with Crippen molar-refractivity contribution in [1.82, 2.24) is 0 Å². The molecule has 0 unspecified atom stereocenters. The normalized spacial score (nSPS) is 16.9. The first-order valence-corrected chi connectivity index (χ1v) is 10.5. The fourth-order valence-corrected chi connectivity index (χ4v) is 4.14. The average molecular weight is 372 g/mol. The molecule has 0 radical (unpaired) electrons. The average Bonchev–Trinajstić information content (AvgIpc) is 3.02. The van der Waals surface area contributed by atoms with E-state index >= 15 is 0 Å². The Bertz CT molecular complexity index is 919. The van der Waals surface area contributed by atoms with Gasteiger partial charge in [0, 0.05) is 11.7 Å². The molecule has 2 aromatic carbocycles. The van der Waals surface area contributed by atoms with Crippen LogP contribution in [0.15, 0.2) is 53.4 Å². The Morgan fingerprint density at radius 2 is 1.27 bits per heavy atom. The molecule has 0 heterocycles. The number of allylic oxidation sites excluding steroid dienone is 2. The summed E-state index contributed by atoms with van der Waals surface area (Å²) in [6, 6.07) is 15.1. The number of hydrogen-bond acceptors (Lipinski definition) is 4. The van der Waals surface area contributed by atoms with Crippen LogP contribution in [0.1, 0.15) is 29.5 Å². The Labute approximate surface area is 154 Å². The summed E-state index contributed by atoms with van der Waals surface area (Å²) in [5, 5.41) is 19.7. The molecule has 2 aromatic rings. The van der Waals surface area contributed by atoms with E-state index in [1.165, 1.54) is 11.8 Å². The summed E-state index contributed by atoms with van der Waals surface area (Å²) in [4.78, 5) is 0.285. The van der Waals surface area contributed by atoms with E-state index in [-0.39, 0.29) is 18.1 Å². The van der Waals surface area contributed by atoms with Gasteiger partial charge >= 0.3 is 0 Å². The molecule has 0 bridgehead atoms. The van der Waals surface area contributed by atoms with Crippen LogP contribution in [0.3, 0.4) is 0 Å². The van der Waals surface area contributed by atoms with E-state index in [4.69, 9.17) is 0 Å². The van der Waals surface area contributed by atoms with Gasteiger partial charge in [-0.3, -0.25) is 0 Å². The molecule has 4 nitrogen and oxygen atoms in total. The molecule has 0 aromatic heterocycles. The molecule has 5 heteroatoms. The van der Waals surface area contributed by atoms with Crippen molar-refractivity contribution in [1.29, 1.82) is 0 Å². The minimum absolute atomic E-state index is 0.0935. The summed E-state index contributed by atoms with van der Waals surface area (Å²) in [6.07, 6.45) is 2.34. The highest BCUT2D eigenvalue weighted by Crippen LogP contribution is 2.49. The molecule has 1 aliphatic rings. The van der Waals surface area contributed by atoms with Crippen LogP contribution in [-0.4, -0.2) is 38.1 Å². The lowest BCUT2D eigenvalue weighted by Gasteiger charge is -2.24. The van der Waals surface area contributed by atoms with Crippen molar-refractivity contribution in [3.05, 3.63) is 65.2 Å². The first-order chi connectivity index (χ1) is 12.3. The molecule has 0 atom stereocenters. The highest BCUT2D eigenvalue weighted by molar-refractivity contribution is 7.90. The second-order valence-electron chi connectivity index (χ2n) is 7.29. The van der Waals surface area contributed by atoms with Gasteiger partial charge in [0.25, 0.3) is 0 Å². The van der Waals surface area contributed by atoms with Gasteiger partial charge in [0.05, 0.1) is 18.1 Å². The molecule has 0 saturated carbocycles. The van der Waals surface area contributed by atoms with Crippen molar-refractivity contribution in [2.24, 2.45) is 5.41 Å². The Kier molecular flexibility index (Phi) is 5.06. The molecule has 0 saturated heterocycles. The third kappa shape index (κ3) is 3.61. The van der Waals surface area contributed by atoms with E-state index in [1.54, 1.807) is 12.1 Å². The molecule has 138 valence electrons. The van der Waals surface area contributed by atoms with Gasteiger partial charge in [0.1, 0.15) is 0 Å². The Balaban J connectivity index is 2.09.